The zero-order valence-corrected chi connectivity index (χ0v) is 13.5. The van der Waals surface area contributed by atoms with E-state index in [9.17, 15) is 4.79 Å². The lowest BCUT2D eigenvalue weighted by Crippen LogP contribution is -2.47. The lowest BCUT2D eigenvalue weighted by molar-refractivity contribution is -0.133. The van der Waals surface area contributed by atoms with E-state index < -0.39 is 0 Å². The van der Waals surface area contributed by atoms with E-state index in [2.05, 4.69) is 0 Å². The second-order valence-electron chi connectivity index (χ2n) is 5.55. The van der Waals surface area contributed by atoms with Gasteiger partial charge >= 0.3 is 0 Å². The Kier molecular flexibility index (Phi) is 5.17. The predicted octanol–water partition coefficient (Wildman–Crippen LogP) is 2.16. The summed E-state index contributed by atoms with van der Waals surface area (Å²) in [4.78, 5) is 16.9. The summed E-state index contributed by atoms with van der Waals surface area (Å²) in [5, 5.41) is 0. The number of nitrogens with two attached hydrogens (primary N) is 1. The van der Waals surface area contributed by atoms with Gasteiger partial charge in [-0.15, -0.1) is 0 Å². The minimum absolute atomic E-state index is 0.176. The van der Waals surface area contributed by atoms with Crippen molar-refractivity contribution in [1.82, 2.24) is 4.90 Å². The number of thiocarbonyl (C=S) groups is 1. The van der Waals surface area contributed by atoms with Gasteiger partial charge in [0.2, 0.25) is 5.91 Å². The maximum atomic E-state index is 12.6. The number of hydrogen-bond donors (Lipinski definition) is 1. The number of carbonyl (C=O) groups excluding carboxylic acids is 1. The van der Waals surface area contributed by atoms with Crippen molar-refractivity contribution < 1.29 is 4.79 Å². The fraction of sp³-hybridized carbons (Fsp3) is 0.500. The van der Waals surface area contributed by atoms with E-state index in [-0.39, 0.29) is 11.9 Å². The smallest absolute Gasteiger partial charge is 0.244 e. The van der Waals surface area contributed by atoms with Crippen LogP contribution in [0, 0.1) is 0 Å². The standard InChI is InChI=1S/C16H23N3OS/c1-12(16(20)19-10-6-3-7-11-19)18(2)14-9-5-4-8-13(14)15(17)21/h4-5,8-9,12H,3,6-7,10-11H2,1-2H3,(H2,17,21). The number of nitrogens with zero attached hydrogens (tertiary/aromatic N) is 2. The molecule has 2 N–H and O–H groups in total. The predicted molar refractivity (Wildman–Crippen MR) is 90.6 cm³/mol. The van der Waals surface area contributed by atoms with E-state index in [0.29, 0.717) is 4.99 Å². The molecule has 0 radical (unpaired) electrons. The van der Waals surface area contributed by atoms with Gasteiger partial charge in [-0.25, -0.2) is 0 Å². The van der Waals surface area contributed by atoms with Gasteiger partial charge in [0.1, 0.15) is 11.0 Å². The molecule has 2 rings (SSSR count). The maximum absolute atomic E-state index is 12.6. The number of likely N-dealkylation sites (N-methyl/N-ethyl adjacent to an activating group) is 1. The summed E-state index contributed by atoms with van der Waals surface area (Å²) >= 11 is 5.10. The van der Waals surface area contributed by atoms with Gasteiger partial charge in [0.15, 0.2) is 0 Å². The van der Waals surface area contributed by atoms with Crippen molar-refractivity contribution in [3.8, 4) is 0 Å². The number of amides is 1. The Morgan fingerprint density at radius 3 is 2.52 bits per heavy atom. The summed E-state index contributed by atoms with van der Waals surface area (Å²) in [7, 11) is 1.92. The fourth-order valence-electron chi connectivity index (χ4n) is 2.74. The normalized spacial score (nSPS) is 16.4. The topological polar surface area (TPSA) is 49.6 Å². The number of rotatable bonds is 4. The zero-order valence-electron chi connectivity index (χ0n) is 12.7. The Morgan fingerprint density at radius 2 is 1.90 bits per heavy atom. The molecule has 4 nitrogen and oxygen atoms in total. The Balaban J connectivity index is 2.17. The first kappa shape index (κ1) is 15.8. The molecule has 1 atom stereocenters. The van der Waals surface area contributed by atoms with Crippen LogP contribution in [0.5, 0.6) is 0 Å². The van der Waals surface area contributed by atoms with Crippen LogP contribution in [0.2, 0.25) is 0 Å². The van der Waals surface area contributed by atoms with Gasteiger partial charge in [-0.3, -0.25) is 4.79 Å². The monoisotopic (exact) mass is 305 g/mol. The molecule has 1 fully saturated rings. The van der Waals surface area contributed by atoms with Crippen molar-refractivity contribution in [2.24, 2.45) is 5.73 Å². The molecule has 1 aliphatic heterocycles. The van der Waals surface area contributed by atoms with Crippen LogP contribution >= 0.6 is 12.2 Å². The fourth-order valence-corrected chi connectivity index (χ4v) is 2.91. The number of likely N-dealkylation sites (tertiary alicyclic amines) is 1. The van der Waals surface area contributed by atoms with Crippen LogP contribution in [0.3, 0.4) is 0 Å². The van der Waals surface area contributed by atoms with Crippen LogP contribution in [0.25, 0.3) is 0 Å². The number of carbonyl (C=O) groups is 1. The molecule has 0 saturated carbocycles. The average Bonchev–Trinajstić information content (AvgIpc) is 2.53. The quantitative estimate of drug-likeness (QED) is 0.866. The molecule has 1 amide bonds. The Hall–Kier alpha value is -1.62. The van der Waals surface area contributed by atoms with Crippen LogP contribution in [-0.2, 0) is 4.79 Å². The third-order valence-electron chi connectivity index (χ3n) is 4.16. The molecule has 114 valence electrons. The molecular weight excluding hydrogens is 282 g/mol. The van der Waals surface area contributed by atoms with E-state index in [0.717, 1.165) is 37.2 Å². The van der Waals surface area contributed by atoms with Crippen LogP contribution in [-0.4, -0.2) is 42.0 Å². The van der Waals surface area contributed by atoms with Crippen LogP contribution < -0.4 is 10.6 Å². The summed E-state index contributed by atoms with van der Waals surface area (Å²) in [5.41, 5.74) is 7.50. The molecule has 1 saturated heterocycles. The van der Waals surface area contributed by atoms with Crippen LogP contribution in [0.4, 0.5) is 5.69 Å². The van der Waals surface area contributed by atoms with E-state index in [4.69, 9.17) is 18.0 Å². The molecule has 1 heterocycles. The molecule has 0 aromatic heterocycles. The number of hydrogen-bond acceptors (Lipinski definition) is 3. The number of para-hydroxylation sites is 1. The third kappa shape index (κ3) is 3.53. The highest BCUT2D eigenvalue weighted by atomic mass is 32.1. The minimum Gasteiger partial charge on any atom is -0.389 e. The third-order valence-corrected chi connectivity index (χ3v) is 4.38. The second kappa shape index (κ2) is 6.89. The van der Waals surface area contributed by atoms with Gasteiger partial charge in [0, 0.05) is 31.4 Å². The van der Waals surface area contributed by atoms with Gasteiger partial charge in [0.05, 0.1) is 0 Å². The SMILES string of the molecule is CC(C(=O)N1CCCCC1)N(C)c1ccccc1C(N)=S. The Bertz CT molecular complexity index is 526. The number of piperidine rings is 1. The lowest BCUT2D eigenvalue weighted by Gasteiger charge is -2.34. The van der Waals surface area contributed by atoms with Crippen molar-refractivity contribution >= 4 is 28.8 Å². The van der Waals surface area contributed by atoms with Crippen molar-refractivity contribution in [2.75, 3.05) is 25.0 Å². The zero-order chi connectivity index (χ0) is 15.4. The maximum Gasteiger partial charge on any atom is 0.244 e. The largest absolute Gasteiger partial charge is 0.389 e. The Morgan fingerprint density at radius 1 is 1.29 bits per heavy atom. The molecule has 0 bridgehead atoms. The molecule has 1 aromatic rings. The lowest BCUT2D eigenvalue weighted by atomic mass is 10.1. The molecule has 0 spiro atoms. The highest BCUT2D eigenvalue weighted by Gasteiger charge is 2.26. The van der Waals surface area contributed by atoms with Crippen molar-refractivity contribution in [3.05, 3.63) is 29.8 Å². The van der Waals surface area contributed by atoms with E-state index in [1.54, 1.807) is 0 Å². The molecular formula is C16H23N3OS. The molecule has 21 heavy (non-hydrogen) atoms. The van der Waals surface area contributed by atoms with Crippen molar-refractivity contribution in [1.29, 1.82) is 0 Å². The van der Waals surface area contributed by atoms with E-state index in [1.165, 1.54) is 6.42 Å². The van der Waals surface area contributed by atoms with Gasteiger partial charge in [-0.05, 0) is 38.3 Å². The number of benzene rings is 1. The Labute approximate surface area is 131 Å². The highest BCUT2D eigenvalue weighted by Crippen LogP contribution is 2.22. The number of anilines is 1. The van der Waals surface area contributed by atoms with Crippen molar-refractivity contribution in [2.45, 2.75) is 32.2 Å². The van der Waals surface area contributed by atoms with Crippen LogP contribution in [0.1, 0.15) is 31.7 Å². The average molecular weight is 305 g/mol. The first-order valence-corrected chi connectivity index (χ1v) is 7.83. The van der Waals surface area contributed by atoms with Gasteiger partial charge < -0.3 is 15.5 Å². The van der Waals surface area contributed by atoms with Gasteiger partial charge in [-0.1, -0.05) is 24.4 Å². The summed E-state index contributed by atoms with van der Waals surface area (Å²) in [6.45, 7) is 3.68. The summed E-state index contributed by atoms with van der Waals surface area (Å²) in [6.07, 6.45) is 3.43. The summed E-state index contributed by atoms with van der Waals surface area (Å²) in [6, 6.07) is 7.47. The second-order valence-corrected chi connectivity index (χ2v) is 5.99. The van der Waals surface area contributed by atoms with Crippen LogP contribution in [0.15, 0.2) is 24.3 Å². The molecule has 0 aliphatic carbocycles. The van der Waals surface area contributed by atoms with Gasteiger partial charge in [0.25, 0.3) is 0 Å². The molecule has 1 unspecified atom stereocenters. The minimum atomic E-state index is -0.224. The summed E-state index contributed by atoms with van der Waals surface area (Å²) < 4.78 is 0. The molecule has 1 aromatic carbocycles. The first-order chi connectivity index (χ1) is 10.0. The first-order valence-electron chi connectivity index (χ1n) is 7.43. The van der Waals surface area contributed by atoms with E-state index >= 15 is 0 Å². The highest BCUT2D eigenvalue weighted by molar-refractivity contribution is 7.80. The summed E-state index contributed by atoms with van der Waals surface area (Å²) in [5.74, 6) is 0.176. The van der Waals surface area contributed by atoms with Crippen molar-refractivity contribution in [3.63, 3.8) is 0 Å². The van der Waals surface area contributed by atoms with E-state index in [1.807, 2.05) is 48.0 Å². The van der Waals surface area contributed by atoms with Gasteiger partial charge in [-0.2, -0.15) is 0 Å². The molecule has 5 heteroatoms. The molecule has 1 aliphatic rings.